The number of rotatable bonds is 5. The summed E-state index contributed by atoms with van der Waals surface area (Å²) in [6, 6.07) is 8.08. The fourth-order valence-corrected chi connectivity index (χ4v) is 4.23. The predicted octanol–water partition coefficient (Wildman–Crippen LogP) is 3.85. The first-order valence-electron chi connectivity index (χ1n) is 7.48. The van der Waals surface area contributed by atoms with Gasteiger partial charge in [0.15, 0.2) is 5.78 Å². The molecular weight excluding hydrogens is 266 g/mol. The van der Waals surface area contributed by atoms with Gasteiger partial charge >= 0.3 is 0 Å². The van der Waals surface area contributed by atoms with Gasteiger partial charge in [0.05, 0.1) is 0 Å². The molecule has 0 saturated carbocycles. The fourth-order valence-electron chi connectivity index (χ4n) is 2.70. The van der Waals surface area contributed by atoms with Crippen LogP contribution in [0.5, 0.6) is 0 Å². The largest absolute Gasteiger partial charge is 0.297 e. The molecule has 2 nitrogen and oxygen atoms in total. The van der Waals surface area contributed by atoms with Crippen LogP contribution in [0.25, 0.3) is 0 Å². The summed E-state index contributed by atoms with van der Waals surface area (Å²) in [5.41, 5.74) is 2.12. The quantitative estimate of drug-likeness (QED) is 0.769. The third kappa shape index (κ3) is 4.64. The van der Waals surface area contributed by atoms with Gasteiger partial charge in [0.2, 0.25) is 0 Å². The monoisotopic (exact) mass is 291 g/mol. The summed E-state index contributed by atoms with van der Waals surface area (Å²) in [5.74, 6) is 2.16. The van der Waals surface area contributed by atoms with E-state index in [-0.39, 0.29) is 5.78 Å². The number of hydrogen-bond donors (Lipinski definition) is 0. The van der Waals surface area contributed by atoms with E-state index in [2.05, 4.69) is 42.6 Å². The lowest BCUT2D eigenvalue weighted by Gasteiger charge is -2.33. The van der Waals surface area contributed by atoms with Crippen LogP contribution in [-0.2, 0) is 6.54 Å². The molecule has 1 atom stereocenters. The van der Waals surface area contributed by atoms with Gasteiger partial charge < -0.3 is 0 Å². The van der Waals surface area contributed by atoms with Gasteiger partial charge in [-0.25, -0.2) is 0 Å². The van der Waals surface area contributed by atoms with E-state index in [0.717, 1.165) is 23.3 Å². The van der Waals surface area contributed by atoms with Crippen molar-refractivity contribution < 1.29 is 4.79 Å². The molecule has 0 radical (unpaired) electrons. The summed E-state index contributed by atoms with van der Waals surface area (Å²) in [6.07, 6.45) is 1.31. The van der Waals surface area contributed by atoms with Crippen LogP contribution in [0.1, 0.15) is 43.1 Å². The van der Waals surface area contributed by atoms with Gasteiger partial charge in [-0.1, -0.05) is 38.1 Å². The third-order valence-electron chi connectivity index (χ3n) is 3.72. The van der Waals surface area contributed by atoms with Gasteiger partial charge in [0, 0.05) is 36.2 Å². The Labute approximate surface area is 126 Å². The van der Waals surface area contributed by atoms with Crippen LogP contribution in [0.4, 0.5) is 0 Å². The van der Waals surface area contributed by atoms with Crippen LogP contribution in [0.15, 0.2) is 24.3 Å². The molecule has 0 aliphatic carbocycles. The SMILES string of the molecule is CC(=O)c1ccc(CN2CCSC(CC(C)C)C2)cc1. The summed E-state index contributed by atoms with van der Waals surface area (Å²) < 4.78 is 0. The van der Waals surface area contributed by atoms with Crippen molar-refractivity contribution in [1.29, 1.82) is 0 Å². The fraction of sp³-hybridized carbons (Fsp3) is 0.588. The lowest BCUT2D eigenvalue weighted by atomic mass is 10.1. The lowest BCUT2D eigenvalue weighted by molar-refractivity contribution is 0.101. The van der Waals surface area contributed by atoms with E-state index < -0.39 is 0 Å². The van der Waals surface area contributed by atoms with E-state index in [0.29, 0.717) is 0 Å². The molecule has 1 fully saturated rings. The van der Waals surface area contributed by atoms with Crippen LogP contribution < -0.4 is 0 Å². The average Bonchev–Trinajstić information content (AvgIpc) is 2.39. The maximum atomic E-state index is 11.3. The molecule has 0 amide bonds. The molecule has 1 saturated heterocycles. The zero-order chi connectivity index (χ0) is 14.5. The van der Waals surface area contributed by atoms with E-state index in [9.17, 15) is 4.79 Å². The molecule has 20 heavy (non-hydrogen) atoms. The summed E-state index contributed by atoms with van der Waals surface area (Å²) in [4.78, 5) is 13.8. The first-order chi connectivity index (χ1) is 9.54. The molecule has 3 heteroatoms. The average molecular weight is 291 g/mol. The summed E-state index contributed by atoms with van der Waals surface area (Å²) in [5, 5.41) is 0.778. The molecule has 0 bridgehead atoms. The zero-order valence-electron chi connectivity index (χ0n) is 12.8. The minimum Gasteiger partial charge on any atom is -0.297 e. The van der Waals surface area contributed by atoms with Gasteiger partial charge in [-0.15, -0.1) is 0 Å². The molecule has 2 rings (SSSR count). The zero-order valence-corrected chi connectivity index (χ0v) is 13.6. The Morgan fingerprint density at radius 2 is 2.05 bits per heavy atom. The van der Waals surface area contributed by atoms with Crippen molar-refractivity contribution in [3.05, 3.63) is 35.4 Å². The Balaban J connectivity index is 1.90. The van der Waals surface area contributed by atoms with Gasteiger partial charge in [-0.2, -0.15) is 11.8 Å². The molecule has 1 aromatic carbocycles. The first kappa shape index (κ1) is 15.6. The van der Waals surface area contributed by atoms with Crippen molar-refractivity contribution in [2.24, 2.45) is 5.92 Å². The maximum absolute atomic E-state index is 11.3. The highest BCUT2D eigenvalue weighted by Crippen LogP contribution is 2.25. The van der Waals surface area contributed by atoms with Crippen molar-refractivity contribution in [2.45, 2.75) is 39.0 Å². The first-order valence-corrected chi connectivity index (χ1v) is 8.53. The van der Waals surface area contributed by atoms with E-state index in [1.54, 1.807) is 6.92 Å². The normalized spacial score (nSPS) is 20.3. The second-order valence-electron chi connectivity index (χ2n) is 6.11. The van der Waals surface area contributed by atoms with Crippen LogP contribution in [0.3, 0.4) is 0 Å². The Morgan fingerprint density at radius 1 is 1.35 bits per heavy atom. The molecule has 1 aromatic rings. The summed E-state index contributed by atoms with van der Waals surface area (Å²) >= 11 is 2.13. The molecule has 1 unspecified atom stereocenters. The van der Waals surface area contributed by atoms with Gasteiger partial charge in [-0.05, 0) is 24.8 Å². The maximum Gasteiger partial charge on any atom is 0.159 e. The molecule has 1 aliphatic heterocycles. The Morgan fingerprint density at radius 3 is 2.65 bits per heavy atom. The standard InChI is InChI=1S/C17H25NOS/c1-13(2)10-17-12-18(8-9-20-17)11-15-4-6-16(7-5-15)14(3)19/h4-7,13,17H,8-12H2,1-3H3. The Kier molecular flexibility index (Phi) is 5.67. The van der Waals surface area contributed by atoms with Crippen LogP contribution in [0, 0.1) is 5.92 Å². The highest BCUT2D eigenvalue weighted by molar-refractivity contribution is 8.00. The van der Waals surface area contributed by atoms with Crippen molar-refractivity contribution in [3.63, 3.8) is 0 Å². The van der Waals surface area contributed by atoms with Gasteiger partial charge in [0.1, 0.15) is 0 Å². The third-order valence-corrected chi connectivity index (χ3v) is 4.96. The number of carbonyl (C=O) groups is 1. The van der Waals surface area contributed by atoms with Crippen molar-refractivity contribution in [1.82, 2.24) is 4.90 Å². The number of benzene rings is 1. The van der Waals surface area contributed by atoms with Crippen molar-refractivity contribution in [3.8, 4) is 0 Å². The highest BCUT2D eigenvalue weighted by atomic mass is 32.2. The summed E-state index contributed by atoms with van der Waals surface area (Å²) in [6.45, 7) is 9.60. The molecule has 0 spiro atoms. The van der Waals surface area contributed by atoms with E-state index in [1.807, 2.05) is 12.1 Å². The number of thioether (sulfide) groups is 1. The molecule has 110 valence electrons. The van der Waals surface area contributed by atoms with E-state index >= 15 is 0 Å². The van der Waals surface area contributed by atoms with Crippen LogP contribution >= 0.6 is 11.8 Å². The molecule has 1 aliphatic rings. The van der Waals surface area contributed by atoms with Crippen LogP contribution in [0.2, 0.25) is 0 Å². The second kappa shape index (κ2) is 7.28. The minimum atomic E-state index is 0.142. The minimum absolute atomic E-state index is 0.142. The number of ketones is 1. The van der Waals surface area contributed by atoms with Gasteiger partial charge in [0.25, 0.3) is 0 Å². The van der Waals surface area contributed by atoms with Crippen LogP contribution in [-0.4, -0.2) is 34.8 Å². The molecular formula is C17H25NOS. The number of nitrogens with zero attached hydrogens (tertiary/aromatic N) is 1. The molecule has 1 heterocycles. The predicted molar refractivity (Wildman–Crippen MR) is 87.4 cm³/mol. The number of carbonyl (C=O) groups excluding carboxylic acids is 1. The lowest BCUT2D eigenvalue weighted by Crippen LogP contribution is -2.37. The number of hydrogen-bond acceptors (Lipinski definition) is 3. The topological polar surface area (TPSA) is 20.3 Å². The second-order valence-corrected chi connectivity index (χ2v) is 7.52. The smallest absolute Gasteiger partial charge is 0.159 e. The van der Waals surface area contributed by atoms with Crippen molar-refractivity contribution in [2.75, 3.05) is 18.8 Å². The van der Waals surface area contributed by atoms with Gasteiger partial charge in [-0.3, -0.25) is 9.69 Å². The van der Waals surface area contributed by atoms with E-state index in [4.69, 9.17) is 0 Å². The van der Waals surface area contributed by atoms with Crippen molar-refractivity contribution >= 4 is 17.5 Å². The molecule has 0 aromatic heterocycles. The molecule has 0 N–H and O–H groups in total. The Hall–Kier alpha value is -0.800. The highest BCUT2D eigenvalue weighted by Gasteiger charge is 2.21. The number of Topliss-reactive ketones (excluding diaryl/α,β-unsaturated/α-hetero) is 1. The Bertz CT molecular complexity index is 441. The van der Waals surface area contributed by atoms with E-state index in [1.165, 1.54) is 30.8 Å². The summed E-state index contributed by atoms with van der Waals surface area (Å²) in [7, 11) is 0.